The molecule has 0 amide bonds. The fourth-order valence-corrected chi connectivity index (χ4v) is 1.39. The Hall–Kier alpha value is -2.37. The summed E-state index contributed by atoms with van der Waals surface area (Å²) in [6, 6.07) is 3.66. The van der Waals surface area contributed by atoms with Gasteiger partial charge in [0.1, 0.15) is 0 Å². The normalized spacial score (nSPS) is 10.9. The molecular weight excluding hydrogens is 192 g/mol. The van der Waals surface area contributed by atoms with Gasteiger partial charge in [0.15, 0.2) is 11.5 Å². The summed E-state index contributed by atoms with van der Waals surface area (Å²) < 4.78 is 3.32. The van der Waals surface area contributed by atoms with E-state index in [1.54, 1.807) is 27.8 Å². The van der Waals surface area contributed by atoms with E-state index in [0.29, 0.717) is 5.69 Å². The second-order valence-corrected chi connectivity index (χ2v) is 3.14. The standard InChI is InChI=1S/C9H8N6/c10-7-5-12-15(6-7)9-2-4-14-8(13-9)1-3-11-14/h1-6H,10H2. The number of fused-ring (bicyclic) bond motifs is 1. The van der Waals surface area contributed by atoms with Crippen LogP contribution in [0.2, 0.25) is 0 Å². The van der Waals surface area contributed by atoms with Crippen molar-refractivity contribution in [3.05, 3.63) is 36.9 Å². The zero-order valence-electron chi connectivity index (χ0n) is 7.78. The number of hydrogen-bond donors (Lipinski definition) is 1. The highest BCUT2D eigenvalue weighted by molar-refractivity contribution is 5.41. The van der Waals surface area contributed by atoms with Crippen molar-refractivity contribution >= 4 is 11.3 Å². The van der Waals surface area contributed by atoms with E-state index in [-0.39, 0.29) is 0 Å². The van der Waals surface area contributed by atoms with E-state index in [0.717, 1.165) is 11.5 Å². The van der Waals surface area contributed by atoms with Crippen LogP contribution in [-0.2, 0) is 0 Å². The smallest absolute Gasteiger partial charge is 0.157 e. The molecule has 0 saturated carbocycles. The van der Waals surface area contributed by atoms with Gasteiger partial charge in [-0.2, -0.15) is 10.2 Å². The molecule has 74 valence electrons. The fraction of sp³-hybridized carbons (Fsp3) is 0. The quantitative estimate of drug-likeness (QED) is 0.620. The molecule has 6 heteroatoms. The van der Waals surface area contributed by atoms with Crippen LogP contribution in [0.3, 0.4) is 0 Å². The van der Waals surface area contributed by atoms with E-state index in [1.165, 1.54) is 0 Å². The van der Waals surface area contributed by atoms with Crippen molar-refractivity contribution in [2.75, 3.05) is 5.73 Å². The lowest BCUT2D eigenvalue weighted by atomic mass is 10.5. The summed E-state index contributed by atoms with van der Waals surface area (Å²) in [5, 5.41) is 8.14. The first kappa shape index (κ1) is 7.98. The summed E-state index contributed by atoms with van der Waals surface area (Å²) in [4.78, 5) is 4.36. The van der Waals surface area contributed by atoms with Gasteiger partial charge < -0.3 is 5.73 Å². The monoisotopic (exact) mass is 200 g/mol. The van der Waals surface area contributed by atoms with Gasteiger partial charge in [0.25, 0.3) is 0 Å². The summed E-state index contributed by atoms with van der Waals surface area (Å²) in [6.07, 6.45) is 6.83. The van der Waals surface area contributed by atoms with E-state index in [2.05, 4.69) is 15.2 Å². The Morgan fingerprint density at radius 1 is 1.20 bits per heavy atom. The van der Waals surface area contributed by atoms with Crippen LogP contribution in [-0.4, -0.2) is 24.4 Å². The number of rotatable bonds is 1. The van der Waals surface area contributed by atoms with Crippen LogP contribution in [0.1, 0.15) is 0 Å². The van der Waals surface area contributed by atoms with Gasteiger partial charge in [0.2, 0.25) is 0 Å². The number of nitrogen functional groups attached to an aromatic ring is 1. The van der Waals surface area contributed by atoms with Crippen molar-refractivity contribution in [2.24, 2.45) is 0 Å². The van der Waals surface area contributed by atoms with Gasteiger partial charge in [-0.3, -0.25) is 0 Å². The molecule has 0 atom stereocenters. The number of nitrogens with two attached hydrogens (primary N) is 1. The summed E-state index contributed by atoms with van der Waals surface area (Å²) in [7, 11) is 0. The van der Waals surface area contributed by atoms with Crippen molar-refractivity contribution in [1.29, 1.82) is 0 Å². The Morgan fingerprint density at radius 2 is 2.13 bits per heavy atom. The molecule has 3 aromatic heterocycles. The fourth-order valence-electron chi connectivity index (χ4n) is 1.39. The molecule has 3 aromatic rings. The van der Waals surface area contributed by atoms with E-state index in [4.69, 9.17) is 5.73 Å². The van der Waals surface area contributed by atoms with E-state index in [1.807, 2.05) is 18.3 Å². The highest BCUT2D eigenvalue weighted by atomic mass is 15.3. The van der Waals surface area contributed by atoms with Crippen molar-refractivity contribution in [2.45, 2.75) is 0 Å². The van der Waals surface area contributed by atoms with Crippen LogP contribution >= 0.6 is 0 Å². The molecular formula is C9H8N6. The lowest BCUT2D eigenvalue weighted by Crippen LogP contribution is -2.00. The first-order valence-corrected chi connectivity index (χ1v) is 4.44. The number of nitrogens with zero attached hydrogens (tertiary/aromatic N) is 5. The van der Waals surface area contributed by atoms with Gasteiger partial charge in [-0.15, -0.1) is 0 Å². The molecule has 0 aliphatic carbocycles. The first-order chi connectivity index (χ1) is 7.33. The summed E-state index contributed by atoms with van der Waals surface area (Å²) in [5.41, 5.74) is 6.98. The Kier molecular flexibility index (Phi) is 1.49. The van der Waals surface area contributed by atoms with Gasteiger partial charge >= 0.3 is 0 Å². The Balaban J connectivity index is 2.18. The summed E-state index contributed by atoms with van der Waals surface area (Å²) in [5.74, 6) is 0.722. The average Bonchev–Trinajstić information content (AvgIpc) is 2.84. The molecule has 0 unspecified atom stereocenters. The van der Waals surface area contributed by atoms with E-state index in [9.17, 15) is 0 Å². The SMILES string of the molecule is Nc1cnn(-c2ccn3nccc3n2)c1. The minimum absolute atomic E-state index is 0.616. The van der Waals surface area contributed by atoms with Gasteiger partial charge in [0.05, 0.1) is 24.3 Å². The topological polar surface area (TPSA) is 74.0 Å². The molecule has 6 nitrogen and oxygen atoms in total. The van der Waals surface area contributed by atoms with Crippen molar-refractivity contribution in [1.82, 2.24) is 24.4 Å². The van der Waals surface area contributed by atoms with Crippen LogP contribution in [0.4, 0.5) is 5.69 Å². The van der Waals surface area contributed by atoms with Crippen LogP contribution in [0, 0.1) is 0 Å². The van der Waals surface area contributed by atoms with Crippen molar-refractivity contribution < 1.29 is 0 Å². The van der Waals surface area contributed by atoms with Crippen LogP contribution in [0.5, 0.6) is 0 Å². The number of anilines is 1. The molecule has 0 radical (unpaired) electrons. The molecule has 3 rings (SSSR count). The maximum Gasteiger partial charge on any atom is 0.157 e. The minimum atomic E-state index is 0.616. The second-order valence-electron chi connectivity index (χ2n) is 3.14. The van der Waals surface area contributed by atoms with Crippen LogP contribution in [0.15, 0.2) is 36.9 Å². The lowest BCUT2D eigenvalue weighted by Gasteiger charge is -1.99. The Bertz CT molecular complexity index is 608. The second kappa shape index (κ2) is 2.81. The third-order valence-electron chi connectivity index (χ3n) is 2.08. The third-order valence-corrected chi connectivity index (χ3v) is 2.08. The van der Waals surface area contributed by atoms with Crippen LogP contribution in [0.25, 0.3) is 11.5 Å². The zero-order chi connectivity index (χ0) is 10.3. The maximum atomic E-state index is 5.58. The largest absolute Gasteiger partial charge is 0.396 e. The molecule has 15 heavy (non-hydrogen) atoms. The highest BCUT2D eigenvalue weighted by Crippen LogP contribution is 2.07. The molecule has 3 heterocycles. The molecule has 0 aromatic carbocycles. The molecule has 2 N–H and O–H groups in total. The lowest BCUT2D eigenvalue weighted by molar-refractivity contribution is 0.832. The minimum Gasteiger partial charge on any atom is -0.396 e. The van der Waals surface area contributed by atoms with Gasteiger partial charge in [-0.1, -0.05) is 0 Å². The molecule has 0 fully saturated rings. The Morgan fingerprint density at radius 3 is 2.93 bits per heavy atom. The molecule has 0 aliphatic rings. The Labute approximate surface area is 85.0 Å². The van der Waals surface area contributed by atoms with Crippen molar-refractivity contribution in [3.8, 4) is 5.82 Å². The van der Waals surface area contributed by atoms with E-state index < -0.39 is 0 Å². The average molecular weight is 200 g/mol. The molecule has 0 aliphatic heterocycles. The highest BCUT2D eigenvalue weighted by Gasteiger charge is 2.01. The van der Waals surface area contributed by atoms with E-state index >= 15 is 0 Å². The molecule has 0 saturated heterocycles. The third kappa shape index (κ3) is 1.23. The summed E-state index contributed by atoms with van der Waals surface area (Å²) >= 11 is 0. The number of hydrogen-bond acceptors (Lipinski definition) is 4. The van der Waals surface area contributed by atoms with Gasteiger partial charge in [0, 0.05) is 18.3 Å². The van der Waals surface area contributed by atoms with Crippen LogP contribution < -0.4 is 5.73 Å². The van der Waals surface area contributed by atoms with Gasteiger partial charge in [-0.25, -0.2) is 14.2 Å². The van der Waals surface area contributed by atoms with Gasteiger partial charge in [-0.05, 0) is 0 Å². The maximum absolute atomic E-state index is 5.58. The zero-order valence-corrected chi connectivity index (χ0v) is 7.78. The number of aromatic nitrogens is 5. The first-order valence-electron chi connectivity index (χ1n) is 4.44. The molecule has 0 spiro atoms. The predicted molar refractivity (Wildman–Crippen MR) is 54.5 cm³/mol. The predicted octanol–water partition coefficient (Wildman–Crippen LogP) is 0.497. The molecule has 0 bridgehead atoms. The van der Waals surface area contributed by atoms with Crippen molar-refractivity contribution in [3.63, 3.8) is 0 Å². The summed E-state index contributed by atoms with van der Waals surface area (Å²) in [6.45, 7) is 0.